The van der Waals surface area contributed by atoms with Gasteiger partial charge in [0.2, 0.25) is 5.91 Å². The van der Waals surface area contributed by atoms with Gasteiger partial charge in [-0.05, 0) is 36.2 Å². The number of urea groups is 1. The van der Waals surface area contributed by atoms with E-state index in [2.05, 4.69) is 20.7 Å². The molecular formula is C19H21N3O4. The summed E-state index contributed by atoms with van der Waals surface area (Å²) in [6.07, 6.45) is 0. The number of hydrogen-bond donors (Lipinski definition) is 3. The third kappa shape index (κ3) is 5.62. The molecule has 0 fully saturated rings. The highest BCUT2D eigenvalue weighted by atomic mass is 16.5. The van der Waals surface area contributed by atoms with Crippen LogP contribution in [-0.2, 0) is 16.1 Å². The number of rotatable bonds is 6. The fraction of sp³-hybridized carbons (Fsp3) is 0.211. The second-order valence-corrected chi connectivity index (χ2v) is 5.59. The second-order valence-electron chi connectivity index (χ2n) is 5.59. The van der Waals surface area contributed by atoms with E-state index in [1.54, 1.807) is 25.1 Å². The molecule has 0 saturated carbocycles. The molecule has 2 aromatic carbocycles. The van der Waals surface area contributed by atoms with E-state index in [1.807, 2.05) is 30.3 Å². The molecular weight excluding hydrogens is 334 g/mol. The van der Waals surface area contributed by atoms with Crippen LogP contribution in [0.3, 0.4) is 0 Å². The van der Waals surface area contributed by atoms with Gasteiger partial charge in [0.1, 0.15) is 0 Å². The highest BCUT2D eigenvalue weighted by Gasteiger charge is 2.10. The van der Waals surface area contributed by atoms with Crippen LogP contribution >= 0.6 is 0 Å². The van der Waals surface area contributed by atoms with Gasteiger partial charge in [-0.1, -0.05) is 30.3 Å². The van der Waals surface area contributed by atoms with Crippen molar-refractivity contribution in [1.29, 1.82) is 0 Å². The van der Waals surface area contributed by atoms with Crippen LogP contribution in [0.1, 0.15) is 21.5 Å². The first-order valence-corrected chi connectivity index (χ1v) is 8.04. The average Bonchev–Trinajstić information content (AvgIpc) is 2.65. The van der Waals surface area contributed by atoms with Crippen molar-refractivity contribution in [2.45, 2.75) is 13.5 Å². The molecule has 0 aromatic heterocycles. The van der Waals surface area contributed by atoms with Crippen molar-refractivity contribution in [2.24, 2.45) is 0 Å². The molecule has 0 saturated heterocycles. The van der Waals surface area contributed by atoms with Gasteiger partial charge in [0, 0.05) is 12.2 Å². The Morgan fingerprint density at radius 2 is 1.77 bits per heavy atom. The van der Waals surface area contributed by atoms with Gasteiger partial charge in [0.15, 0.2) is 0 Å². The van der Waals surface area contributed by atoms with Gasteiger partial charge in [-0.25, -0.2) is 9.59 Å². The van der Waals surface area contributed by atoms with Crippen molar-refractivity contribution in [2.75, 3.05) is 19.0 Å². The van der Waals surface area contributed by atoms with Gasteiger partial charge in [-0.3, -0.25) is 10.1 Å². The van der Waals surface area contributed by atoms with Crippen LogP contribution in [0, 0.1) is 6.92 Å². The summed E-state index contributed by atoms with van der Waals surface area (Å²) < 4.78 is 4.66. The van der Waals surface area contributed by atoms with Gasteiger partial charge in [0.25, 0.3) is 0 Å². The van der Waals surface area contributed by atoms with E-state index >= 15 is 0 Å². The number of amides is 3. The second kappa shape index (κ2) is 9.22. The Hall–Kier alpha value is -3.35. The lowest BCUT2D eigenvalue weighted by molar-refractivity contribution is -0.118. The highest BCUT2D eigenvalue weighted by molar-refractivity contribution is 5.96. The number of hydrogen-bond acceptors (Lipinski definition) is 5. The number of benzene rings is 2. The number of esters is 1. The highest BCUT2D eigenvalue weighted by Crippen LogP contribution is 2.16. The SMILES string of the molecule is COC(=O)c1ccc(NCC(=O)NC(=O)NCc2ccccc2)c(C)c1. The molecule has 3 amide bonds. The number of methoxy groups -OCH3 is 1. The van der Waals surface area contributed by atoms with Crippen LogP contribution in [0.25, 0.3) is 0 Å². The van der Waals surface area contributed by atoms with Crippen LogP contribution in [0.2, 0.25) is 0 Å². The topological polar surface area (TPSA) is 96.5 Å². The average molecular weight is 355 g/mol. The van der Waals surface area contributed by atoms with E-state index in [1.165, 1.54) is 7.11 Å². The van der Waals surface area contributed by atoms with Gasteiger partial charge in [0.05, 0.1) is 19.2 Å². The minimum atomic E-state index is -0.557. The van der Waals surface area contributed by atoms with E-state index in [-0.39, 0.29) is 6.54 Å². The van der Waals surface area contributed by atoms with E-state index in [0.717, 1.165) is 11.1 Å². The van der Waals surface area contributed by atoms with Crippen LogP contribution < -0.4 is 16.0 Å². The molecule has 0 unspecified atom stereocenters. The number of carbonyl (C=O) groups excluding carboxylic acids is 3. The molecule has 2 aromatic rings. The standard InChI is InChI=1S/C19H21N3O4/c1-13-10-15(18(24)26-2)8-9-16(13)20-12-17(23)22-19(25)21-11-14-6-4-3-5-7-14/h3-10,20H,11-12H2,1-2H3,(H2,21,22,23,25). The number of anilines is 1. The molecule has 0 radical (unpaired) electrons. The Morgan fingerprint density at radius 3 is 2.42 bits per heavy atom. The lowest BCUT2D eigenvalue weighted by atomic mass is 10.1. The predicted molar refractivity (Wildman–Crippen MR) is 97.8 cm³/mol. The van der Waals surface area contributed by atoms with Crippen molar-refractivity contribution < 1.29 is 19.1 Å². The maximum absolute atomic E-state index is 11.9. The summed E-state index contributed by atoms with van der Waals surface area (Å²) in [6.45, 7) is 2.07. The zero-order valence-corrected chi connectivity index (χ0v) is 14.7. The summed E-state index contributed by atoms with van der Waals surface area (Å²) in [4.78, 5) is 35.1. The van der Waals surface area contributed by atoms with Crippen molar-refractivity contribution in [3.8, 4) is 0 Å². The zero-order valence-electron chi connectivity index (χ0n) is 14.7. The van der Waals surface area contributed by atoms with E-state index in [0.29, 0.717) is 17.8 Å². The van der Waals surface area contributed by atoms with Crippen LogP contribution in [0.15, 0.2) is 48.5 Å². The number of imide groups is 1. The largest absolute Gasteiger partial charge is 0.465 e. The maximum atomic E-state index is 11.9. The van der Waals surface area contributed by atoms with Crippen molar-refractivity contribution in [3.05, 3.63) is 65.2 Å². The van der Waals surface area contributed by atoms with Crippen LogP contribution in [0.4, 0.5) is 10.5 Å². The lowest BCUT2D eigenvalue weighted by Crippen LogP contribution is -2.41. The smallest absolute Gasteiger partial charge is 0.337 e. The molecule has 0 atom stereocenters. The van der Waals surface area contributed by atoms with Crippen LogP contribution in [0.5, 0.6) is 0 Å². The molecule has 0 aliphatic rings. The molecule has 0 aliphatic carbocycles. The number of nitrogens with one attached hydrogen (secondary N) is 3. The molecule has 0 heterocycles. The lowest BCUT2D eigenvalue weighted by Gasteiger charge is -2.11. The monoisotopic (exact) mass is 355 g/mol. The Morgan fingerprint density at radius 1 is 1.04 bits per heavy atom. The normalized spacial score (nSPS) is 9.92. The Balaban J connectivity index is 1.79. The summed E-state index contributed by atoms with van der Waals surface area (Å²) in [5.41, 5.74) is 2.85. The Labute approximate surface area is 151 Å². The Kier molecular flexibility index (Phi) is 6.73. The zero-order chi connectivity index (χ0) is 18.9. The quantitative estimate of drug-likeness (QED) is 0.691. The summed E-state index contributed by atoms with van der Waals surface area (Å²) in [6, 6.07) is 13.8. The van der Waals surface area contributed by atoms with E-state index in [9.17, 15) is 14.4 Å². The van der Waals surface area contributed by atoms with Crippen molar-refractivity contribution in [1.82, 2.24) is 10.6 Å². The molecule has 7 nitrogen and oxygen atoms in total. The van der Waals surface area contributed by atoms with Gasteiger partial charge >= 0.3 is 12.0 Å². The first kappa shape index (κ1) is 19.0. The molecule has 0 bridgehead atoms. The molecule has 0 aliphatic heterocycles. The summed E-state index contributed by atoms with van der Waals surface area (Å²) in [5.74, 6) is -0.889. The van der Waals surface area contributed by atoms with Crippen molar-refractivity contribution in [3.63, 3.8) is 0 Å². The first-order chi connectivity index (χ1) is 12.5. The number of carbonyl (C=O) groups is 3. The first-order valence-electron chi connectivity index (χ1n) is 8.04. The molecule has 26 heavy (non-hydrogen) atoms. The van der Waals surface area contributed by atoms with Crippen LogP contribution in [-0.4, -0.2) is 31.6 Å². The third-order valence-corrected chi connectivity index (χ3v) is 3.64. The Bertz CT molecular complexity index is 791. The summed E-state index contributed by atoms with van der Waals surface area (Å²) in [7, 11) is 1.32. The van der Waals surface area contributed by atoms with Gasteiger partial charge in [-0.2, -0.15) is 0 Å². The molecule has 136 valence electrons. The number of aryl methyl sites for hydroxylation is 1. The molecule has 0 spiro atoms. The predicted octanol–water partition coefficient (Wildman–Crippen LogP) is 2.22. The molecule has 3 N–H and O–H groups in total. The molecule has 7 heteroatoms. The van der Waals surface area contributed by atoms with Crippen molar-refractivity contribution >= 4 is 23.6 Å². The van der Waals surface area contributed by atoms with E-state index in [4.69, 9.17) is 0 Å². The fourth-order valence-electron chi connectivity index (χ4n) is 2.28. The fourth-order valence-corrected chi connectivity index (χ4v) is 2.28. The summed E-state index contributed by atoms with van der Waals surface area (Å²) >= 11 is 0. The van der Waals surface area contributed by atoms with E-state index < -0.39 is 17.9 Å². The molecule has 2 rings (SSSR count). The summed E-state index contributed by atoms with van der Waals surface area (Å²) in [5, 5.41) is 7.80. The minimum absolute atomic E-state index is 0.0723. The maximum Gasteiger partial charge on any atom is 0.337 e. The third-order valence-electron chi connectivity index (χ3n) is 3.64. The van der Waals surface area contributed by atoms with Gasteiger partial charge < -0.3 is 15.4 Å². The minimum Gasteiger partial charge on any atom is -0.465 e. The van der Waals surface area contributed by atoms with Gasteiger partial charge in [-0.15, -0.1) is 0 Å². The number of ether oxygens (including phenoxy) is 1.